The molecule has 0 saturated heterocycles. The first-order valence-corrected chi connectivity index (χ1v) is 3.09. The summed E-state index contributed by atoms with van der Waals surface area (Å²) in [6.45, 7) is 0. The van der Waals surface area contributed by atoms with Gasteiger partial charge in [0.2, 0.25) is 0 Å². The van der Waals surface area contributed by atoms with Crippen molar-refractivity contribution in [2.24, 2.45) is 0 Å². The largest absolute Gasteiger partial charge is 0.478 e. The maximum Gasteiger partial charge on any atom is 0.328 e. The number of aliphatic carboxylic acids is 1. The van der Waals surface area contributed by atoms with E-state index in [0.717, 1.165) is 6.08 Å². The van der Waals surface area contributed by atoms with E-state index < -0.39 is 5.97 Å². The summed E-state index contributed by atoms with van der Waals surface area (Å²) in [6.07, 6.45) is 2.21. The van der Waals surface area contributed by atoms with Crippen LogP contribution in [-0.2, 0) is 4.79 Å². The van der Waals surface area contributed by atoms with Crippen molar-refractivity contribution in [3.8, 4) is 0 Å². The monoisotopic (exact) mass is 173 g/mol. The van der Waals surface area contributed by atoms with Gasteiger partial charge in [0.05, 0.1) is 0 Å². The van der Waals surface area contributed by atoms with E-state index in [4.69, 9.17) is 16.7 Å². The zero-order valence-corrected chi connectivity index (χ0v) is 6.08. The molecule has 0 aliphatic carbocycles. The van der Waals surface area contributed by atoms with Crippen molar-refractivity contribution in [1.29, 1.82) is 0 Å². The van der Waals surface area contributed by atoms with Crippen molar-refractivity contribution in [3.05, 3.63) is 23.1 Å². The SMILES string of the molecule is O=C(O)C=Cc1cc(Cl)no1. The van der Waals surface area contributed by atoms with Crippen molar-refractivity contribution in [1.82, 2.24) is 5.16 Å². The lowest BCUT2D eigenvalue weighted by atomic mass is 10.4. The number of halogens is 1. The van der Waals surface area contributed by atoms with Crippen LogP contribution in [0.4, 0.5) is 0 Å². The van der Waals surface area contributed by atoms with Crippen molar-refractivity contribution in [2.45, 2.75) is 0 Å². The van der Waals surface area contributed by atoms with Gasteiger partial charge in [0, 0.05) is 12.1 Å². The Hall–Kier alpha value is -1.29. The standard InChI is InChI=1S/C6H4ClNO3/c7-5-3-4(11-8-5)1-2-6(9)10/h1-3H,(H,9,10). The summed E-state index contributed by atoms with van der Waals surface area (Å²) in [7, 11) is 0. The highest BCUT2D eigenvalue weighted by Crippen LogP contribution is 2.09. The fraction of sp³-hybridized carbons (Fsp3) is 0. The predicted molar refractivity (Wildman–Crippen MR) is 38.2 cm³/mol. The lowest BCUT2D eigenvalue weighted by Crippen LogP contribution is -1.84. The Morgan fingerprint density at radius 1 is 1.82 bits per heavy atom. The van der Waals surface area contributed by atoms with Crippen LogP contribution in [0.15, 0.2) is 16.7 Å². The van der Waals surface area contributed by atoms with Crippen LogP contribution in [-0.4, -0.2) is 16.2 Å². The van der Waals surface area contributed by atoms with Gasteiger partial charge < -0.3 is 9.63 Å². The molecule has 4 nitrogen and oxygen atoms in total. The first-order valence-electron chi connectivity index (χ1n) is 2.72. The lowest BCUT2D eigenvalue weighted by molar-refractivity contribution is -0.131. The second-order valence-corrected chi connectivity index (χ2v) is 2.11. The Kier molecular flexibility index (Phi) is 2.28. The molecule has 58 valence electrons. The van der Waals surface area contributed by atoms with Crippen LogP contribution < -0.4 is 0 Å². The maximum atomic E-state index is 10.00. The van der Waals surface area contributed by atoms with Gasteiger partial charge in [0.1, 0.15) is 0 Å². The summed E-state index contributed by atoms with van der Waals surface area (Å²) in [6, 6.07) is 1.42. The van der Waals surface area contributed by atoms with E-state index in [-0.39, 0.29) is 5.15 Å². The molecule has 0 radical (unpaired) electrons. The Labute approximate surface area is 67.1 Å². The fourth-order valence-electron chi connectivity index (χ4n) is 0.498. The lowest BCUT2D eigenvalue weighted by Gasteiger charge is -1.77. The molecular weight excluding hydrogens is 170 g/mol. The van der Waals surface area contributed by atoms with Gasteiger partial charge >= 0.3 is 5.97 Å². The molecule has 0 fully saturated rings. The molecule has 0 saturated carbocycles. The highest BCUT2D eigenvalue weighted by Gasteiger charge is 1.96. The van der Waals surface area contributed by atoms with Crippen molar-refractivity contribution in [2.75, 3.05) is 0 Å². The highest BCUT2D eigenvalue weighted by molar-refractivity contribution is 6.29. The van der Waals surface area contributed by atoms with Gasteiger partial charge in [-0.3, -0.25) is 0 Å². The summed E-state index contributed by atoms with van der Waals surface area (Å²) in [4.78, 5) is 10.00. The molecule has 1 heterocycles. The molecule has 1 aromatic rings. The van der Waals surface area contributed by atoms with Crippen LogP contribution >= 0.6 is 11.6 Å². The molecule has 11 heavy (non-hydrogen) atoms. The van der Waals surface area contributed by atoms with E-state index in [1.54, 1.807) is 0 Å². The van der Waals surface area contributed by atoms with Crippen LogP contribution in [0.25, 0.3) is 6.08 Å². The number of aromatic nitrogens is 1. The zero-order chi connectivity index (χ0) is 8.27. The smallest absolute Gasteiger partial charge is 0.328 e. The second kappa shape index (κ2) is 3.21. The zero-order valence-electron chi connectivity index (χ0n) is 5.32. The molecule has 0 spiro atoms. The normalized spacial score (nSPS) is 10.6. The summed E-state index contributed by atoms with van der Waals surface area (Å²) in [5.74, 6) is -0.727. The average molecular weight is 174 g/mol. The second-order valence-electron chi connectivity index (χ2n) is 1.72. The van der Waals surface area contributed by atoms with Crippen LogP contribution in [0, 0.1) is 0 Å². The molecule has 1 aromatic heterocycles. The Morgan fingerprint density at radius 3 is 3.00 bits per heavy atom. The van der Waals surface area contributed by atoms with E-state index in [1.807, 2.05) is 0 Å². The molecule has 0 unspecified atom stereocenters. The molecule has 0 aliphatic rings. The number of hydrogen-bond acceptors (Lipinski definition) is 3. The van der Waals surface area contributed by atoms with Gasteiger partial charge in [-0.05, 0) is 6.08 Å². The molecule has 0 atom stereocenters. The Balaban J connectivity index is 2.71. The van der Waals surface area contributed by atoms with E-state index >= 15 is 0 Å². The molecule has 1 N–H and O–H groups in total. The molecule has 1 rings (SSSR count). The Morgan fingerprint density at radius 2 is 2.55 bits per heavy atom. The van der Waals surface area contributed by atoms with Gasteiger partial charge in [0.15, 0.2) is 10.9 Å². The minimum atomic E-state index is -1.04. The first kappa shape index (κ1) is 7.81. The predicted octanol–water partition coefficient (Wildman–Crippen LogP) is 1.43. The number of carboxylic acid groups (broad SMARTS) is 1. The average Bonchev–Trinajstić information content (AvgIpc) is 2.31. The molecule has 0 aliphatic heterocycles. The maximum absolute atomic E-state index is 10.00. The van der Waals surface area contributed by atoms with Gasteiger partial charge in [-0.2, -0.15) is 0 Å². The molecule has 5 heteroatoms. The number of hydrogen-bond donors (Lipinski definition) is 1. The van der Waals surface area contributed by atoms with Crippen LogP contribution in [0.3, 0.4) is 0 Å². The highest BCUT2D eigenvalue weighted by atomic mass is 35.5. The third kappa shape index (κ3) is 2.43. The number of carbonyl (C=O) groups is 1. The van der Waals surface area contributed by atoms with E-state index in [1.165, 1.54) is 12.1 Å². The van der Waals surface area contributed by atoms with Crippen LogP contribution in [0.5, 0.6) is 0 Å². The van der Waals surface area contributed by atoms with E-state index in [2.05, 4.69) is 9.68 Å². The first-order chi connectivity index (χ1) is 5.18. The molecule has 0 amide bonds. The summed E-state index contributed by atoms with van der Waals surface area (Å²) in [5.41, 5.74) is 0. The Bertz CT molecular complexity index is 292. The van der Waals surface area contributed by atoms with Gasteiger partial charge in [0.25, 0.3) is 0 Å². The summed E-state index contributed by atoms with van der Waals surface area (Å²) >= 11 is 5.39. The molecule has 0 aromatic carbocycles. The van der Waals surface area contributed by atoms with Crippen molar-refractivity contribution in [3.63, 3.8) is 0 Å². The van der Waals surface area contributed by atoms with Gasteiger partial charge in [-0.25, -0.2) is 4.79 Å². The number of nitrogens with zero attached hydrogens (tertiary/aromatic N) is 1. The van der Waals surface area contributed by atoms with E-state index in [0.29, 0.717) is 5.76 Å². The topological polar surface area (TPSA) is 63.3 Å². The third-order valence-corrected chi connectivity index (χ3v) is 1.07. The summed E-state index contributed by atoms with van der Waals surface area (Å²) < 4.78 is 4.58. The van der Waals surface area contributed by atoms with Crippen LogP contribution in [0.1, 0.15) is 5.76 Å². The van der Waals surface area contributed by atoms with Crippen molar-refractivity contribution < 1.29 is 14.4 Å². The van der Waals surface area contributed by atoms with Crippen LogP contribution in [0.2, 0.25) is 5.15 Å². The quantitative estimate of drug-likeness (QED) is 0.687. The fourth-order valence-corrected chi connectivity index (χ4v) is 0.640. The van der Waals surface area contributed by atoms with Crippen molar-refractivity contribution >= 4 is 23.6 Å². The number of rotatable bonds is 2. The third-order valence-electron chi connectivity index (χ3n) is 0.890. The molecular formula is C6H4ClNO3. The van der Waals surface area contributed by atoms with E-state index in [9.17, 15) is 4.79 Å². The minimum Gasteiger partial charge on any atom is -0.478 e. The van der Waals surface area contributed by atoms with Gasteiger partial charge in [-0.15, -0.1) is 0 Å². The number of carboxylic acids is 1. The molecule has 0 bridgehead atoms. The summed E-state index contributed by atoms with van der Waals surface area (Å²) in [5, 5.41) is 11.7. The van der Waals surface area contributed by atoms with Gasteiger partial charge in [-0.1, -0.05) is 16.8 Å². The minimum absolute atomic E-state index is 0.204.